The number of hydrogen-bond acceptors (Lipinski definition) is 4. The van der Waals surface area contributed by atoms with Crippen LogP contribution in [0.25, 0.3) is 0 Å². The molecular weight excluding hydrogens is 254 g/mol. The van der Waals surface area contributed by atoms with Gasteiger partial charge in [-0.1, -0.05) is 13.8 Å². The third-order valence-corrected chi connectivity index (χ3v) is 4.73. The molecule has 2 rings (SSSR count). The van der Waals surface area contributed by atoms with Crippen molar-refractivity contribution in [3.8, 4) is 0 Å². The largest absolute Gasteiger partial charge is 0.480 e. The molecule has 116 valence electrons. The molecule has 1 aliphatic heterocycles. The predicted octanol–water partition coefficient (Wildman–Crippen LogP) is 0.985. The van der Waals surface area contributed by atoms with Gasteiger partial charge in [-0.3, -0.25) is 9.69 Å². The highest BCUT2D eigenvalue weighted by Crippen LogP contribution is 2.30. The molecule has 5 nitrogen and oxygen atoms in total. The van der Waals surface area contributed by atoms with Gasteiger partial charge in [0.05, 0.1) is 0 Å². The normalized spacial score (nSPS) is 33.5. The van der Waals surface area contributed by atoms with E-state index in [1.54, 1.807) is 0 Å². The number of nitrogens with two attached hydrogens (primary N) is 1. The highest BCUT2D eigenvalue weighted by atomic mass is 16.4. The number of piperazine rings is 1. The molecule has 2 aliphatic rings. The lowest BCUT2D eigenvalue weighted by molar-refractivity contribution is -0.145. The maximum atomic E-state index is 11.3. The number of nitrogens with zero attached hydrogens (tertiary/aromatic N) is 2. The second-order valence-electron chi connectivity index (χ2n) is 6.94. The van der Waals surface area contributed by atoms with E-state index >= 15 is 0 Å². The van der Waals surface area contributed by atoms with E-state index in [0.717, 1.165) is 45.6 Å². The summed E-state index contributed by atoms with van der Waals surface area (Å²) in [6.07, 6.45) is 3.24. The van der Waals surface area contributed by atoms with Crippen molar-refractivity contribution in [2.75, 3.05) is 32.7 Å². The van der Waals surface area contributed by atoms with E-state index in [9.17, 15) is 9.90 Å². The average molecular weight is 283 g/mol. The van der Waals surface area contributed by atoms with Crippen LogP contribution in [0.15, 0.2) is 0 Å². The summed E-state index contributed by atoms with van der Waals surface area (Å²) in [7, 11) is 0. The Morgan fingerprint density at radius 2 is 2.00 bits per heavy atom. The summed E-state index contributed by atoms with van der Waals surface area (Å²) < 4.78 is 0. The van der Waals surface area contributed by atoms with E-state index in [-0.39, 0.29) is 0 Å². The second kappa shape index (κ2) is 6.41. The van der Waals surface area contributed by atoms with Gasteiger partial charge in [-0.2, -0.15) is 0 Å². The second-order valence-corrected chi connectivity index (χ2v) is 6.94. The van der Waals surface area contributed by atoms with Crippen molar-refractivity contribution in [3.63, 3.8) is 0 Å². The zero-order valence-corrected chi connectivity index (χ0v) is 12.8. The molecule has 0 aromatic heterocycles. The molecule has 5 heteroatoms. The van der Waals surface area contributed by atoms with Crippen LogP contribution >= 0.6 is 0 Å². The van der Waals surface area contributed by atoms with Crippen molar-refractivity contribution in [3.05, 3.63) is 0 Å². The van der Waals surface area contributed by atoms with Crippen LogP contribution in [0.5, 0.6) is 0 Å². The number of rotatable bonds is 4. The zero-order chi connectivity index (χ0) is 14.8. The van der Waals surface area contributed by atoms with Crippen LogP contribution in [-0.2, 0) is 4.79 Å². The quantitative estimate of drug-likeness (QED) is 0.805. The van der Waals surface area contributed by atoms with Gasteiger partial charge in [-0.15, -0.1) is 0 Å². The van der Waals surface area contributed by atoms with Gasteiger partial charge in [-0.25, -0.2) is 0 Å². The molecule has 2 fully saturated rings. The van der Waals surface area contributed by atoms with Crippen LogP contribution in [0.2, 0.25) is 0 Å². The van der Waals surface area contributed by atoms with Crippen molar-refractivity contribution in [1.82, 2.24) is 9.80 Å². The first-order valence-corrected chi connectivity index (χ1v) is 7.89. The number of carboxylic acid groups (broad SMARTS) is 1. The Kier molecular flexibility index (Phi) is 5.04. The van der Waals surface area contributed by atoms with E-state index in [1.165, 1.54) is 0 Å². The van der Waals surface area contributed by atoms with E-state index in [2.05, 4.69) is 23.6 Å². The summed E-state index contributed by atoms with van der Waals surface area (Å²) in [5, 5.41) is 9.30. The molecule has 3 N–H and O–H groups in total. The third kappa shape index (κ3) is 3.71. The minimum Gasteiger partial charge on any atom is -0.480 e. The first-order valence-electron chi connectivity index (χ1n) is 7.89. The van der Waals surface area contributed by atoms with Gasteiger partial charge in [0.1, 0.15) is 5.54 Å². The summed E-state index contributed by atoms with van der Waals surface area (Å²) in [6, 6.07) is 0.353. The van der Waals surface area contributed by atoms with Crippen molar-refractivity contribution < 1.29 is 9.90 Å². The zero-order valence-electron chi connectivity index (χ0n) is 12.8. The Labute approximate surface area is 122 Å². The fourth-order valence-electron chi connectivity index (χ4n) is 3.61. The Morgan fingerprint density at radius 3 is 2.55 bits per heavy atom. The first kappa shape index (κ1) is 15.7. The van der Waals surface area contributed by atoms with Gasteiger partial charge in [0, 0.05) is 38.8 Å². The van der Waals surface area contributed by atoms with Gasteiger partial charge in [0.15, 0.2) is 0 Å². The van der Waals surface area contributed by atoms with Gasteiger partial charge in [-0.05, 0) is 31.6 Å². The lowest BCUT2D eigenvalue weighted by atomic mass is 9.79. The molecule has 20 heavy (non-hydrogen) atoms. The summed E-state index contributed by atoms with van der Waals surface area (Å²) in [5.74, 6) is -0.124. The summed E-state index contributed by atoms with van der Waals surface area (Å²) >= 11 is 0. The van der Waals surface area contributed by atoms with E-state index < -0.39 is 11.5 Å². The van der Waals surface area contributed by atoms with Crippen LogP contribution in [0.1, 0.15) is 39.5 Å². The standard InChI is InChI=1S/C15H29N3O2/c1-12(2)11-17-6-8-18(9-7-17)13-4-3-5-15(16,10-13)14(19)20/h12-13H,3-11,16H2,1-2H3,(H,19,20). The first-order chi connectivity index (χ1) is 9.40. The van der Waals surface area contributed by atoms with Crippen LogP contribution in [0.4, 0.5) is 0 Å². The molecule has 2 atom stereocenters. The van der Waals surface area contributed by atoms with Crippen molar-refractivity contribution in [1.29, 1.82) is 0 Å². The molecule has 0 spiro atoms. The minimum atomic E-state index is -1.00. The Bertz CT molecular complexity index is 340. The molecule has 1 aliphatic carbocycles. The van der Waals surface area contributed by atoms with E-state index in [1.807, 2.05) is 0 Å². The van der Waals surface area contributed by atoms with Crippen molar-refractivity contribution >= 4 is 5.97 Å². The summed E-state index contributed by atoms with van der Waals surface area (Å²) in [4.78, 5) is 16.3. The monoisotopic (exact) mass is 283 g/mol. The fraction of sp³-hybridized carbons (Fsp3) is 0.933. The van der Waals surface area contributed by atoms with Crippen molar-refractivity contribution in [2.24, 2.45) is 11.7 Å². The topological polar surface area (TPSA) is 69.8 Å². The maximum absolute atomic E-state index is 11.3. The van der Waals surface area contributed by atoms with Gasteiger partial charge in [0.2, 0.25) is 0 Å². The molecule has 1 heterocycles. The highest BCUT2D eigenvalue weighted by Gasteiger charge is 2.41. The van der Waals surface area contributed by atoms with Crippen molar-refractivity contribution in [2.45, 2.75) is 51.1 Å². The average Bonchev–Trinajstić information content (AvgIpc) is 2.39. The lowest BCUT2D eigenvalue weighted by Crippen LogP contribution is -2.58. The van der Waals surface area contributed by atoms with Crippen LogP contribution in [0.3, 0.4) is 0 Å². The summed E-state index contributed by atoms with van der Waals surface area (Å²) in [6.45, 7) is 9.96. The highest BCUT2D eigenvalue weighted by molar-refractivity contribution is 5.78. The number of carbonyl (C=O) groups is 1. The smallest absolute Gasteiger partial charge is 0.323 e. The Balaban J connectivity index is 1.86. The molecule has 1 saturated heterocycles. The van der Waals surface area contributed by atoms with Gasteiger partial charge in [0.25, 0.3) is 0 Å². The van der Waals surface area contributed by atoms with Gasteiger partial charge >= 0.3 is 5.97 Å². The number of aliphatic carboxylic acids is 1. The third-order valence-electron chi connectivity index (χ3n) is 4.73. The molecular formula is C15H29N3O2. The number of hydrogen-bond donors (Lipinski definition) is 2. The maximum Gasteiger partial charge on any atom is 0.323 e. The van der Waals surface area contributed by atoms with E-state index in [0.29, 0.717) is 24.8 Å². The SMILES string of the molecule is CC(C)CN1CCN(C2CCCC(N)(C(=O)O)C2)CC1. The molecule has 0 bridgehead atoms. The lowest BCUT2D eigenvalue weighted by Gasteiger charge is -2.44. The molecule has 0 radical (unpaired) electrons. The molecule has 0 aromatic carbocycles. The molecule has 1 saturated carbocycles. The predicted molar refractivity (Wildman–Crippen MR) is 79.7 cm³/mol. The van der Waals surface area contributed by atoms with Gasteiger partial charge < -0.3 is 15.7 Å². The Hall–Kier alpha value is -0.650. The van der Waals surface area contributed by atoms with E-state index in [4.69, 9.17) is 5.73 Å². The molecule has 0 amide bonds. The van der Waals surface area contributed by atoms with Crippen LogP contribution < -0.4 is 5.73 Å². The fourth-order valence-corrected chi connectivity index (χ4v) is 3.61. The minimum absolute atomic E-state index is 0.353. The number of carboxylic acids is 1. The Morgan fingerprint density at radius 1 is 1.35 bits per heavy atom. The van der Waals surface area contributed by atoms with Crippen LogP contribution in [-0.4, -0.2) is 65.2 Å². The molecule has 0 aromatic rings. The molecule has 2 unspecified atom stereocenters. The summed E-state index contributed by atoms with van der Waals surface area (Å²) in [5.41, 5.74) is 5.05. The van der Waals surface area contributed by atoms with Crippen LogP contribution in [0, 0.1) is 5.92 Å².